The number of hydrogen-bond donors (Lipinski definition) is 2. The summed E-state index contributed by atoms with van der Waals surface area (Å²) in [5, 5.41) is 12.0. The van der Waals surface area contributed by atoms with Crippen molar-refractivity contribution in [3.8, 4) is 5.75 Å². The van der Waals surface area contributed by atoms with Crippen molar-refractivity contribution < 1.29 is 5.11 Å². The van der Waals surface area contributed by atoms with Crippen molar-refractivity contribution in [3.63, 3.8) is 0 Å². The van der Waals surface area contributed by atoms with Gasteiger partial charge in [-0.25, -0.2) is 0 Å². The first-order chi connectivity index (χ1) is 7.24. The summed E-state index contributed by atoms with van der Waals surface area (Å²) in [4.78, 5) is 0. The molecule has 0 fully saturated rings. The molecule has 16 heavy (non-hydrogen) atoms. The fraction of sp³-hybridized carbons (Fsp3) is 0.231. The zero-order valence-corrected chi connectivity index (χ0v) is 10.00. The molecule has 0 spiro atoms. The third-order valence-electron chi connectivity index (χ3n) is 2.76. The van der Waals surface area contributed by atoms with Gasteiger partial charge in [0.15, 0.2) is 0 Å². The second kappa shape index (κ2) is 5.19. The van der Waals surface area contributed by atoms with Crippen molar-refractivity contribution in [1.29, 1.82) is 0 Å². The fourth-order valence-corrected chi connectivity index (χ4v) is 1.88. The number of benzene rings is 2. The van der Waals surface area contributed by atoms with Crippen LogP contribution in [0.15, 0.2) is 36.4 Å². The van der Waals surface area contributed by atoms with Crippen LogP contribution in [0.2, 0.25) is 0 Å². The first kappa shape index (κ1) is 12.8. The Morgan fingerprint density at radius 3 is 2.56 bits per heavy atom. The quantitative estimate of drug-likeness (QED) is 0.841. The van der Waals surface area contributed by atoms with E-state index in [4.69, 9.17) is 5.73 Å². The number of halogens is 1. The second-order valence-corrected chi connectivity index (χ2v) is 3.73. The molecule has 0 aliphatic carbocycles. The Balaban J connectivity index is 0.00000128. The van der Waals surface area contributed by atoms with E-state index in [1.807, 2.05) is 37.3 Å². The van der Waals surface area contributed by atoms with Gasteiger partial charge in [0.05, 0.1) is 0 Å². The van der Waals surface area contributed by atoms with Crippen LogP contribution in [0.4, 0.5) is 0 Å². The zero-order chi connectivity index (χ0) is 10.8. The Hall–Kier alpha value is -1.25. The molecule has 2 nitrogen and oxygen atoms in total. The van der Waals surface area contributed by atoms with E-state index in [0.717, 1.165) is 22.8 Å². The van der Waals surface area contributed by atoms with E-state index in [9.17, 15) is 5.11 Å². The molecule has 2 aromatic carbocycles. The maximum absolute atomic E-state index is 9.83. The van der Waals surface area contributed by atoms with Gasteiger partial charge in [-0.15, -0.1) is 12.4 Å². The van der Waals surface area contributed by atoms with Crippen molar-refractivity contribution in [2.24, 2.45) is 5.73 Å². The van der Waals surface area contributed by atoms with Gasteiger partial charge in [0.25, 0.3) is 0 Å². The number of hydrogen-bond acceptors (Lipinski definition) is 2. The average Bonchev–Trinajstić information content (AvgIpc) is 2.28. The van der Waals surface area contributed by atoms with Crippen LogP contribution in [0.3, 0.4) is 0 Å². The Labute approximate surface area is 101 Å². The monoisotopic (exact) mass is 237 g/mol. The minimum absolute atomic E-state index is 0. The number of phenols is 1. The van der Waals surface area contributed by atoms with Gasteiger partial charge < -0.3 is 10.8 Å². The molecule has 0 bridgehead atoms. The number of nitrogens with two attached hydrogens (primary N) is 1. The summed E-state index contributed by atoms with van der Waals surface area (Å²) in [5.74, 6) is 0.294. The number of aromatic hydroxyl groups is 1. The summed E-state index contributed by atoms with van der Waals surface area (Å²) < 4.78 is 0. The van der Waals surface area contributed by atoms with E-state index in [1.54, 1.807) is 6.07 Å². The SMILES string of the molecule is CCC(N)c1c(O)ccc2ccccc12.Cl. The van der Waals surface area contributed by atoms with Crippen LogP contribution >= 0.6 is 12.4 Å². The van der Waals surface area contributed by atoms with Crippen LogP contribution < -0.4 is 5.73 Å². The average molecular weight is 238 g/mol. The highest BCUT2D eigenvalue weighted by atomic mass is 35.5. The second-order valence-electron chi connectivity index (χ2n) is 3.73. The molecule has 0 radical (unpaired) electrons. The Bertz CT molecular complexity index is 484. The normalized spacial score (nSPS) is 12.1. The minimum atomic E-state index is -0.101. The molecule has 0 heterocycles. The van der Waals surface area contributed by atoms with Crippen LogP contribution in [-0.2, 0) is 0 Å². The highest BCUT2D eigenvalue weighted by molar-refractivity contribution is 5.88. The van der Waals surface area contributed by atoms with Crippen LogP contribution in [0.25, 0.3) is 10.8 Å². The largest absolute Gasteiger partial charge is 0.508 e. The molecule has 2 aromatic rings. The lowest BCUT2D eigenvalue weighted by Crippen LogP contribution is -2.09. The van der Waals surface area contributed by atoms with Crippen molar-refractivity contribution in [1.82, 2.24) is 0 Å². The van der Waals surface area contributed by atoms with Crippen LogP contribution in [0, 0.1) is 0 Å². The fourth-order valence-electron chi connectivity index (χ4n) is 1.88. The summed E-state index contributed by atoms with van der Waals surface area (Å²) >= 11 is 0. The van der Waals surface area contributed by atoms with Crippen molar-refractivity contribution in [3.05, 3.63) is 42.0 Å². The van der Waals surface area contributed by atoms with E-state index < -0.39 is 0 Å². The summed E-state index contributed by atoms with van der Waals surface area (Å²) in [6, 6.07) is 11.5. The van der Waals surface area contributed by atoms with Crippen LogP contribution in [0.1, 0.15) is 24.9 Å². The smallest absolute Gasteiger partial charge is 0.120 e. The topological polar surface area (TPSA) is 46.2 Å². The molecule has 0 aliphatic rings. The molecular weight excluding hydrogens is 222 g/mol. The summed E-state index contributed by atoms with van der Waals surface area (Å²) in [6.45, 7) is 2.02. The van der Waals surface area contributed by atoms with Crippen molar-refractivity contribution in [2.75, 3.05) is 0 Å². The van der Waals surface area contributed by atoms with Crippen LogP contribution in [0.5, 0.6) is 5.75 Å². The molecule has 0 saturated heterocycles. The van der Waals surface area contributed by atoms with Crippen molar-refractivity contribution in [2.45, 2.75) is 19.4 Å². The lowest BCUT2D eigenvalue weighted by Gasteiger charge is -2.14. The maximum Gasteiger partial charge on any atom is 0.120 e. The lowest BCUT2D eigenvalue weighted by atomic mass is 9.97. The minimum Gasteiger partial charge on any atom is -0.508 e. The highest BCUT2D eigenvalue weighted by Crippen LogP contribution is 2.32. The molecular formula is C13H16ClNO. The van der Waals surface area contributed by atoms with Gasteiger partial charge in [0.2, 0.25) is 0 Å². The number of phenolic OH excluding ortho intramolecular Hbond substituents is 1. The number of rotatable bonds is 2. The highest BCUT2D eigenvalue weighted by Gasteiger charge is 2.12. The third kappa shape index (κ3) is 2.13. The molecule has 1 atom stereocenters. The van der Waals surface area contributed by atoms with Crippen molar-refractivity contribution >= 4 is 23.2 Å². The summed E-state index contributed by atoms with van der Waals surface area (Å²) in [7, 11) is 0. The van der Waals surface area contributed by atoms with Gasteiger partial charge in [0, 0.05) is 11.6 Å². The maximum atomic E-state index is 9.83. The zero-order valence-electron chi connectivity index (χ0n) is 9.18. The molecule has 86 valence electrons. The predicted octanol–water partition coefficient (Wildman–Crippen LogP) is 3.38. The Morgan fingerprint density at radius 1 is 1.19 bits per heavy atom. The van der Waals surface area contributed by atoms with E-state index >= 15 is 0 Å². The van der Waals surface area contributed by atoms with E-state index in [2.05, 4.69) is 0 Å². The first-order valence-corrected chi connectivity index (χ1v) is 5.20. The number of fused-ring (bicyclic) bond motifs is 1. The molecule has 0 aliphatic heterocycles. The van der Waals surface area contributed by atoms with Gasteiger partial charge in [0.1, 0.15) is 5.75 Å². The van der Waals surface area contributed by atoms with Gasteiger partial charge >= 0.3 is 0 Å². The summed E-state index contributed by atoms with van der Waals surface area (Å²) in [5.41, 5.74) is 6.86. The van der Waals surface area contributed by atoms with E-state index in [-0.39, 0.29) is 18.4 Å². The molecule has 0 saturated carbocycles. The van der Waals surface area contributed by atoms with Gasteiger partial charge in [-0.3, -0.25) is 0 Å². The molecule has 3 N–H and O–H groups in total. The standard InChI is InChI=1S/C13H15NO.ClH/c1-2-11(14)13-10-6-4-3-5-9(10)7-8-12(13)15;/h3-8,11,15H,2,14H2,1H3;1H. The molecule has 0 aromatic heterocycles. The van der Waals surface area contributed by atoms with Gasteiger partial charge in [-0.1, -0.05) is 37.3 Å². The lowest BCUT2D eigenvalue weighted by molar-refractivity contribution is 0.462. The summed E-state index contributed by atoms with van der Waals surface area (Å²) in [6.07, 6.45) is 0.821. The Kier molecular flexibility index (Phi) is 4.16. The molecule has 2 rings (SSSR count). The molecule has 3 heteroatoms. The Morgan fingerprint density at radius 2 is 1.88 bits per heavy atom. The first-order valence-electron chi connectivity index (χ1n) is 5.20. The van der Waals surface area contributed by atoms with E-state index in [0.29, 0.717) is 5.75 Å². The third-order valence-corrected chi connectivity index (χ3v) is 2.76. The van der Waals surface area contributed by atoms with E-state index in [1.165, 1.54) is 0 Å². The van der Waals surface area contributed by atoms with Crippen LogP contribution in [-0.4, -0.2) is 5.11 Å². The van der Waals surface area contributed by atoms with Gasteiger partial charge in [-0.05, 0) is 23.3 Å². The molecule has 1 unspecified atom stereocenters. The van der Waals surface area contributed by atoms with Gasteiger partial charge in [-0.2, -0.15) is 0 Å². The molecule has 0 amide bonds. The predicted molar refractivity (Wildman–Crippen MR) is 70.1 cm³/mol.